The molecular formula is C25H28N2O4. The molecule has 6 nitrogen and oxygen atoms in total. The molecule has 0 heterocycles. The normalized spacial score (nSPS) is 10.9. The number of hydrogen-bond donors (Lipinski definition) is 2. The molecule has 0 saturated carbocycles. The molecule has 0 spiro atoms. The quantitative estimate of drug-likeness (QED) is 0.550. The molecule has 0 aliphatic heterocycles. The van der Waals surface area contributed by atoms with Crippen LogP contribution in [0.15, 0.2) is 60.7 Å². The number of benzene rings is 3. The van der Waals surface area contributed by atoms with Crippen LogP contribution < -0.4 is 20.1 Å². The van der Waals surface area contributed by atoms with Crippen molar-refractivity contribution in [1.82, 2.24) is 5.32 Å². The molecule has 0 aliphatic rings. The lowest BCUT2D eigenvalue weighted by Gasteiger charge is -2.17. The van der Waals surface area contributed by atoms with Crippen molar-refractivity contribution in [2.75, 3.05) is 11.9 Å². The Morgan fingerprint density at radius 2 is 1.52 bits per heavy atom. The highest BCUT2D eigenvalue weighted by Crippen LogP contribution is 2.29. The predicted octanol–water partition coefficient (Wildman–Crippen LogP) is 4.78. The lowest BCUT2D eigenvalue weighted by atomic mass is 10.1. The van der Waals surface area contributed by atoms with Gasteiger partial charge in [0.25, 0.3) is 11.8 Å². The largest absolute Gasteiger partial charge is 0.489 e. The number of carbonyl (C=O) groups is 2. The summed E-state index contributed by atoms with van der Waals surface area (Å²) in [6, 6.07) is 18.5. The van der Waals surface area contributed by atoms with E-state index in [9.17, 15) is 9.59 Å². The van der Waals surface area contributed by atoms with Crippen LogP contribution in [0.3, 0.4) is 0 Å². The van der Waals surface area contributed by atoms with Gasteiger partial charge in [0.1, 0.15) is 11.5 Å². The molecule has 0 atom stereocenters. The zero-order valence-electron chi connectivity index (χ0n) is 18.3. The van der Waals surface area contributed by atoms with Gasteiger partial charge in [-0.2, -0.15) is 0 Å². The van der Waals surface area contributed by atoms with Gasteiger partial charge in [0.05, 0.1) is 17.4 Å². The molecule has 0 bridgehead atoms. The summed E-state index contributed by atoms with van der Waals surface area (Å²) in [4.78, 5) is 25.2. The molecule has 2 amide bonds. The Labute approximate surface area is 182 Å². The maximum absolute atomic E-state index is 13.2. The van der Waals surface area contributed by atoms with Crippen molar-refractivity contribution in [2.24, 2.45) is 0 Å². The van der Waals surface area contributed by atoms with Gasteiger partial charge < -0.3 is 20.1 Å². The lowest BCUT2D eigenvalue weighted by molar-refractivity contribution is -0.123. The maximum Gasteiger partial charge on any atom is 0.259 e. The summed E-state index contributed by atoms with van der Waals surface area (Å²) in [5.41, 5.74) is 0.910. The average molecular weight is 421 g/mol. The zero-order valence-corrected chi connectivity index (χ0v) is 18.3. The molecule has 3 rings (SSSR count). The van der Waals surface area contributed by atoms with E-state index in [-0.39, 0.29) is 30.6 Å². The molecule has 0 radical (unpaired) electrons. The molecular weight excluding hydrogens is 392 g/mol. The van der Waals surface area contributed by atoms with Crippen LogP contribution in [0.2, 0.25) is 0 Å². The lowest BCUT2D eigenvalue weighted by Crippen LogP contribution is -2.34. The highest BCUT2D eigenvalue weighted by atomic mass is 16.5. The second kappa shape index (κ2) is 9.98. The molecule has 6 heteroatoms. The highest BCUT2D eigenvalue weighted by molar-refractivity contribution is 6.09. The minimum Gasteiger partial charge on any atom is -0.489 e. The van der Waals surface area contributed by atoms with Crippen LogP contribution in [0.1, 0.15) is 38.1 Å². The van der Waals surface area contributed by atoms with Crippen molar-refractivity contribution in [1.29, 1.82) is 0 Å². The number of ether oxygens (including phenoxy) is 2. The van der Waals surface area contributed by atoms with E-state index in [1.807, 2.05) is 70.2 Å². The van der Waals surface area contributed by atoms with E-state index >= 15 is 0 Å². The molecule has 3 aromatic rings. The van der Waals surface area contributed by atoms with Gasteiger partial charge in [-0.05, 0) is 62.7 Å². The number of anilines is 1. The Morgan fingerprint density at radius 1 is 0.871 bits per heavy atom. The van der Waals surface area contributed by atoms with Gasteiger partial charge in [-0.1, -0.05) is 36.4 Å². The third kappa shape index (κ3) is 5.98. The minimum absolute atomic E-state index is 0.00734. The fraction of sp³-hybridized carbons (Fsp3) is 0.280. The van der Waals surface area contributed by atoms with E-state index < -0.39 is 0 Å². The number of hydrogen-bond acceptors (Lipinski definition) is 4. The smallest absolute Gasteiger partial charge is 0.259 e. The monoisotopic (exact) mass is 420 g/mol. The minimum atomic E-state index is -0.343. The topological polar surface area (TPSA) is 76.7 Å². The summed E-state index contributed by atoms with van der Waals surface area (Å²) in [5, 5.41) is 7.52. The molecule has 0 saturated heterocycles. The Bertz CT molecular complexity index is 1080. The molecule has 3 aromatic carbocycles. The Balaban J connectivity index is 1.90. The molecule has 162 valence electrons. The number of fused-ring (bicyclic) bond motifs is 1. The van der Waals surface area contributed by atoms with Crippen molar-refractivity contribution in [3.8, 4) is 11.5 Å². The van der Waals surface area contributed by atoms with E-state index in [1.165, 1.54) is 0 Å². The van der Waals surface area contributed by atoms with E-state index in [4.69, 9.17) is 9.47 Å². The summed E-state index contributed by atoms with van der Waals surface area (Å²) >= 11 is 0. The molecule has 0 aliphatic carbocycles. The number of rotatable bonds is 8. The Morgan fingerprint density at radius 3 is 2.19 bits per heavy atom. The number of nitrogens with one attached hydrogen (secondary N) is 2. The summed E-state index contributed by atoms with van der Waals surface area (Å²) in [6.45, 7) is 7.43. The first-order chi connectivity index (χ1) is 14.8. The van der Waals surface area contributed by atoms with Crippen LogP contribution in [0.5, 0.6) is 11.5 Å². The third-order valence-corrected chi connectivity index (χ3v) is 4.40. The van der Waals surface area contributed by atoms with Crippen LogP contribution in [0, 0.1) is 0 Å². The molecule has 0 unspecified atom stereocenters. The number of carbonyl (C=O) groups excluding carboxylic acids is 2. The van der Waals surface area contributed by atoms with Gasteiger partial charge in [-0.15, -0.1) is 0 Å². The van der Waals surface area contributed by atoms with E-state index in [2.05, 4.69) is 10.6 Å². The summed E-state index contributed by atoms with van der Waals surface area (Å²) in [5.74, 6) is 0.345. The van der Waals surface area contributed by atoms with Crippen LogP contribution >= 0.6 is 0 Å². The van der Waals surface area contributed by atoms with Crippen molar-refractivity contribution < 1.29 is 19.1 Å². The first kappa shape index (κ1) is 22.2. The highest BCUT2D eigenvalue weighted by Gasteiger charge is 2.17. The number of amides is 2. The predicted molar refractivity (Wildman–Crippen MR) is 123 cm³/mol. The van der Waals surface area contributed by atoms with Crippen LogP contribution in [0.4, 0.5) is 5.69 Å². The van der Waals surface area contributed by atoms with Gasteiger partial charge in [-0.25, -0.2) is 0 Å². The maximum atomic E-state index is 13.2. The first-order valence-electron chi connectivity index (χ1n) is 10.4. The fourth-order valence-corrected chi connectivity index (χ4v) is 3.14. The first-order valence-corrected chi connectivity index (χ1v) is 10.4. The van der Waals surface area contributed by atoms with Gasteiger partial charge in [-0.3, -0.25) is 9.59 Å². The SMILES string of the molecule is CC(C)NC(=O)COc1cc2ccccc2cc1C(=O)Nc1ccccc1OC(C)C. The standard InChI is InChI=1S/C25H28N2O4/c1-16(2)26-24(28)15-30-23-14-19-10-6-5-9-18(19)13-20(23)25(29)27-21-11-7-8-12-22(21)31-17(3)4/h5-14,16-17H,15H2,1-4H3,(H,26,28)(H,27,29). The molecule has 31 heavy (non-hydrogen) atoms. The van der Waals surface area contributed by atoms with E-state index in [1.54, 1.807) is 18.2 Å². The average Bonchev–Trinajstić information content (AvgIpc) is 2.72. The Kier molecular flexibility index (Phi) is 7.13. The van der Waals surface area contributed by atoms with E-state index in [0.29, 0.717) is 22.7 Å². The van der Waals surface area contributed by atoms with Crippen LogP contribution in [-0.4, -0.2) is 30.6 Å². The number of para-hydroxylation sites is 2. The van der Waals surface area contributed by atoms with Crippen molar-refractivity contribution in [3.05, 3.63) is 66.2 Å². The van der Waals surface area contributed by atoms with Gasteiger partial charge in [0.15, 0.2) is 6.61 Å². The van der Waals surface area contributed by atoms with Gasteiger partial charge in [0.2, 0.25) is 0 Å². The summed E-state index contributed by atoms with van der Waals surface area (Å²) in [6.07, 6.45) is -0.0305. The fourth-order valence-electron chi connectivity index (χ4n) is 3.14. The van der Waals surface area contributed by atoms with E-state index in [0.717, 1.165) is 10.8 Å². The third-order valence-electron chi connectivity index (χ3n) is 4.40. The van der Waals surface area contributed by atoms with Crippen LogP contribution in [0.25, 0.3) is 10.8 Å². The second-order valence-corrected chi connectivity index (χ2v) is 7.82. The Hall–Kier alpha value is -3.54. The van der Waals surface area contributed by atoms with Crippen molar-refractivity contribution >= 4 is 28.3 Å². The zero-order chi connectivity index (χ0) is 22.4. The summed E-state index contributed by atoms with van der Waals surface area (Å²) in [7, 11) is 0. The molecule has 2 N–H and O–H groups in total. The molecule has 0 aromatic heterocycles. The van der Waals surface area contributed by atoms with Crippen molar-refractivity contribution in [3.63, 3.8) is 0 Å². The van der Waals surface area contributed by atoms with Gasteiger partial charge in [0, 0.05) is 6.04 Å². The second-order valence-electron chi connectivity index (χ2n) is 7.82. The summed E-state index contributed by atoms with van der Waals surface area (Å²) < 4.78 is 11.6. The van der Waals surface area contributed by atoms with Crippen LogP contribution in [-0.2, 0) is 4.79 Å². The van der Waals surface area contributed by atoms with Gasteiger partial charge >= 0.3 is 0 Å². The van der Waals surface area contributed by atoms with Crippen molar-refractivity contribution in [2.45, 2.75) is 39.8 Å². The molecule has 0 fully saturated rings.